The fourth-order valence-corrected chi connectivity index (χ4v) is 2.82. The van der Waals surface area contributed by atoms with Crippen molar-refractivity contribution in [2.75, 3.05) is 50.8 Å². The fourth-order valence-electron chi connectivity index (χ4n) is 2.82. The number of halogens is 1. The van der Waals surface area contributed by atoms with Crippen LogP contribution in [0.1, 0.15) is 0 Å². The molecular formula is C16H19FN4O6. The molecule has 2 aliphatic rings. The molecule has 10 nitrogen and oxygen atoms in total. The minimum absolute atomic E-state index is 0.0818. The van der Waals surface area contributed by atoms with Gasteiger partial charge in [-0.05, 0) is 0 Å². The Morgan fingerprint density at radius 2 is 2.22 bits per heavy atom. The molecule has 1 aromatic rings. The molecule has 2 aliphatic heterocycles. The average Bonchev–Trinajstić information content (AvgIpc) is 3.02. The molecule has 0 spiro atoms. The first kappa shape index (κ1) is 18.5. The first-order valence-electron chi connectivity index (χ1n) is 8.04. The summed E-state index contributed by atoms with van der Waals surface area (Å²) in [5, 5.41) is 6.25. The lowest BCUT2D eigenvalue weighted by Crippen LogP contribution is -2.37. The zero-order chi connectivity index (χ0) is 19.6. The highest BCUT2D eigenvalue weighted by Crippen LogP contribution is 2.38. The second-order valence-electron chi connectivity index (χ2n) is 5.80. The van der Waals surface area contributed by atoms with Crippen LogP contribution in [-0.2, 0) is 14.3 Å². The molecule has 0 bridgehead atoms. The summed E-state index contributed by atoms with van der Waals surface area (Å²) in [6.07, 6.45) is -1.86. The summed E-state index contributed by atoms with van der Waals surface area (Å²) in [5.74, 6) is 0.0927. The van der Waals surface area contributed by atoms with E-state index >= 15 is 0 Å². The van der Waals surface area contributed by atoms with Crippen molar-refractivity contribution in [1.29, 1.82) is 0 Å². The molecule has 0 unspecified atom stereocenters. The number of carbonyl (C=O) groups excluding carboxylic acids is 2. The number of rotatable bonds is 4. The number of anilines is 2. The van der Waals surface area contributed by atoms with Gasteiger partial charge in [-0.15, -0.1) is 0 Å². The van der Waals surface area contributed by atoms with Crippen LogP contribution in [0.2, 0.25) is 0 Å². The molecule has 1 atom stereocenters. The number of hydrogen-bond acceptors (Lipinski definition) is 7. The maximum absolute atomic E-state index is 14.7. The number of cyclic esters (lactones) is 1. The number of hydrogen-bond donors (Lipinski definition) is 1. The number of alkyl carbamates (subject to hydrolysis) is 1. The van der Waals surface area contributed by atoms with Crippen LogP contribution in [0.3, 0.4) is 0 Å². The van der Waals surface area contributed by atoms with E-state index in [9.17, 15) is 14.0 Å². The van der Waals surface area contributed by atoms with E-state index in [-0.39, 0.29) is 36.8 Å². The summed E-state index contributed by atoms with van der Waals surface area (Å²) in [6.45, 7) is 0.321. The molecule has 2 amide bonds. The molecule has 146 valence electrons. The first-order valence-corrected chi connectivity index (χ1v) is 8.04. The molecule has 1 fully saturated rings. The maximum atomic E-state index is 14.7. The minimum Gasteiger partial charge on any atom is -0.483 e. The summed E-state index contributed by atoms with van der Waals surface area (Å²) in [4.78, 5) is 30.8. The van der Waals surface area contributed by atoms with Crippen molar-refractivity contribution in [1.82, 2.24) is 5.32 Å². The van der Waals surface area contributed by atoms with Crippen LogP contribution in [-0.4, -0.2) is 65.1 Å². The van der Waals surface area contributed by atoms with Gasteiger partial charge in [-0.25, -0.2) is 14.0 Å². The highest BCUT2D eigenvalue weighted by molar-refractivity contribution is 6.02. The summed E-state index contributed by atoms with van der Waals surface area (Å²) in [6, 6.07) is 2.77. The standard InChI is InChI=1S/C16H19FN4O6/c1-20-13(19-25-3)8-26-12-5-9(4-11(17)14(12)20)21-7-10(27-16(21)23)6-18-15(22)24-2/h4-5,10H,6-8H2,1-3H3,(H,18,22)/t10-/m0/s1. The Bertz CT molecular complexity index is 786. The Kier molecular flexibility index (Phi) is 5.19. The summed E-state index contributed by atoms with van der Waals surface area (Å²) in [5.41, 5.74) is 0.481. The van der Waals surface area contributed by atoms with Gasteiger partial charge in [0.05, 0.1) is 25.9 Å². The summed E-state index contributed by atoms with van der Waals surface area (Å²) >= 11 is 0. The third-order valence-electron chi connectivity index (χ3n) is 4.13. The van der Waals surface area contributed by atoms with Crippen molar-refractivity contribution >= 4 is 29.4 Å². The predicted octanol–water partition coefficient (Wildman–Crippen LogP) is 1.30. The second kappa shape index (κ2) is 7.56. The lowest BCUT2D eigenvalue weighted by Gasteiger charge is -2.29. The van der Waals surface area contributed by atoms with Crippen molar-refractivity contribution in [3.63, 3.8) is 0 Å². The molecular weight excluding hydrogens is 363 g/mol. The second-order valence-corrected chi connectivity index (χ2v) is 5.80. The van der Waals surface area contributed by atoms with E-state index in [1.54, 1.807) is 13.1 Å². The summed E-state index contributed by atoms with van der Waals surface area (Å²) < 4.78 is 29.9. The van der Waals surface area contributed by atoms with Gasteiger partial charge >= 0.3 is 12.2 Å². The van der Waals surface area contributed by atoms with Gasteiger partial charge < -0.3 is 29.3 Å². The lowest BCUT2D eigenvalue weighted by atomic mass is 10.2. The van der Waals surface area contributed by atoms with Gasteiger partial charge in [-0.1, -0.05) is 5.16 Å². The van der Waals surface area contributed by atoms with E-state index in [2.05, 4.69) is 15.2 Å². The molecule has 1 saturated heterocycles. The molecule has 11 heteroatoms. The maximum Gasteiger partial charge on any atom is 0.414 e. The van der Waals surface area contributed by atoms with Gasteiger partial charge in [0, 0.05) is 19.2 Å². The molecule has 0 radical (unpaired) electrons. The zero-order valence-electron chi connectivity index (χ0n) is 15.0. The number of nitrogens with zero attached hydrogens (tertiary/aromatic N) is 3. The minimum atomic E-state index is -0.642. The van der Waals surface area contributed by atoms with E-state index in [0.29, 0.717) is 5.84 Å². The first-order chi connectivity index (χ1) is 12.9. The molecule has 27 heavy (non-hydrogen) atoms. The SMILES string of the molecule is CON=C1COc2cc(N3C[C@H](CNC(=O)OC)OC3=O)cc(F)c2N1C. The quantitative estimate of drug-likeness (QED) is 0.783. The normalized spacial score (nSPS) is 20.1. The fraction of sp³-hybridized carbons (Fsp3) is 0.438. The van der Waals surface area contributed by atoms with Crippen molar-refractivity contribution in [3.05, 3.63) is 17.9 Å². The van der Waals surface area contributed by atoms with E-state index < -0.39 is 24.1 Å². The van der Waals surface area contributed by atoms with E-state index in [1.807, 2.05) is 0 Å². The Morgan fingerprint density at radius 1 is 1.44 bits per heavy atom. The van der Waals surface area contributed by atoms with Gasteiger partial charge in [0.25, 0.3) is 0 Å². The number of ether oxygens (including phenoxy) is 3. The number of nitrogens with one attached hydrogen (secondary N) is 1. The van der Waals surface area contributed by atoms with Gasteiger partial charge in [-0.2, -0.15) is 0 Å². The molecule has 0 aliphatic carbocycles. The van der Waals surface area contributed by atoms with Crippen molar-refractivity contribution in [3.8, 4) is 5.75 Å². The summed E-state index contributed by atoms with van der Waals surface area (Å²) in [7, 11) is 4.26. The molecule has 3 rings (SSSR count). The molecule has 1 aromatic carbocycles. The molecule has 2 heterocycles. The van der Waals surface area contributed by atoms with Crippen LogP contribution in [0.5, 0.6) is 5.75 Å². The number of likely N-dealkylation sites (N-methyl/N-ethyl adjacent to an activating group) is 1. The monoisotopic (exact) mass is 382 g/mol. The third-order valence-corrected chi connectivity index (χ3v) is 4.13. The van der Waals surface area contributed by atoms with Crippen molar-refractivity contribution in [2.45, 2.75) is 6.10 Å². The van der Waals surface area contributed by atoms with Crippen molar-refractivity contribution in [2.24, 2.45) is 5.16 Å². The van der Waals surface area contributed by atoms with Gasteiger partial charge in [-0.3, -0.25) is 4.90 Å². The number of fused-ring (bicyclic) bond motifs is 1. The lowest BCUT2D eigenvalue weighted by molar-refractivity contribution is 0.132. The largest absolute Gasteiger partial charge is 0.483 e. The topological polar surface area (TPSA) is 102 Å². The highest BCUT2D eigenvalue weighted by atomic mass is 19.1. The van der Waals surface area contributed by atoms with Crippen LogP contribution in [0.15, 0.2) is 17.3 Å². The number of methoxy groups -OCH3 is 1. The van der Waals surface area contributed by atoms with Gasteiger partial charge in [0.2, 0.25) is 0 Å². The Morgan fingerprint density at radius 3 is 2.93 bits per heavy atom. The third kappa shape index (κ3) is 3.66. The van der Waals surface area contributed by atoms with Crippen LogP contribution in [0.4, 0.5) is 25.4 Å². The molecule has 1 N–H and O–H groups in total. The number of oxime groups is 1. The zero-order valence-corrected chi connectivity index (χ0v) is 15.0. The number of benzene rings is 1. The number of amides is 2. The van der Waals surface area contributed by atoms with Crippen LogP contribution in [0, 0.1) is 5.82 Å². The number of carbonyl (C=O) groups is 2. The smallest absolute Gasteiger partial charge is 0.414 e. The van der Waals surface area contributed by atoms with E-state index in [4.69, 9.17) is 14.3 Å². The van der Waals surface area contributed by atoms with Crippen LogP contribution < -0.4 is 19.9 Å². The van der Waals surface area contributed by atoms with Gasteiger partial charge in [0.15, 0.2) is 11.7 Å². The Balaban J connectivity index is 1.79. The van der Waals surface area contributed by atoms with Crippen LogP contribution >= 0.6 is 0 Å². The molecule has 0 aromatic heterocycles. The highest BCUT2D eigenvalue weighted by Gasteiger charge is 2.35. The van der Waals surface area contributed by atoms with E-state index in [1.165, 1.54) is 30.1 Å². The van der Waals surface area contributed by atoms with Gasteiger partial charge in [0.1, 0.15) is 31.3 Å². The van der Waals surface area contributed by atoms with Crippen molar-refractivity contribution < 1.29 is 33.0 Å². The average molecular weight is 382 g/mol. The Labute approximate surface area is 154 Å². The molecule has 0 saturated carbocycles. The number of amidine groups is 1. The van der Waals surface area contributed by atoms with Crippen LogP contribution in [0.25, 0.3) is 0 Å². The predicted molar refractivity (Wildman–Crippen MR) is 92.8 cm³/mol. The van der Waals surface area contributed by atoms with E-state index in [0.717, 1.165) is 0 Å². The Hall–Kier alpha value is -3.24.